The summed E-state index contributed by atoms with van der Waals surface area (Å²) < 4.78 is 0. The van der Waals surface area contributed by atoms with Crippen LogP contribution >= 0.6 is 0 Å². The largest absolute Gasteiger partial charge is 0.371 e. The van der Waals surface area contributed by atoms with Crippen LogP contribution in [-0.2, 0) is 32.4 Å². The quantitative estimate of drug-likeness (QED) is 0.206. The zero-order chi connectivity index (χ0) is 43.1. The minimum atomic E-state index is 0.318. The van der Waals surface area contributed by atoms with Crippen LogP contribution in [0.3, 0.4) is 0 Å². The van der Waals surface area contributed by atoms with E-state index in [0.717, 1.165) is 82.0 Å². The zero-order valence-corrected chi connectivity index (χ0v) is 39.1. The van der Waals surface area contributed by atoms with Crippen molar-refractivity contribution in [2.24, 2.45) is 23.7 Å². The summed E-state index contributed by atoms with van der Waals surface area (Å²) in [7, 11) is 9.32. The van der Waals surface area contributed by atoms with Gasteiger partial charge in [-0.2, -0.15) is 0 Å². The van der Waals surface area contributed by atoms with Crippen molar-refractivity contribution in [3.8, 4) is 0 Å². The van der Waals surface area contributed by atoms with E-state index in [1.165, 1.54) is 116 Å². The summed E-state index contributed by atoms with van der Waals surface area (Å²) in [6.45, 7) is 13.7. The number of hydrogen-bond donors (Lipinski definition) is 2. The normalized spacial score (nSPS) is 31.2. The standard InChI is InChI=1S/C54H72N10/c1-59-25-39-29-63(30-40(39)26-59)49-13-6-10-36-23-57-43(21-47(36)49)34-62(4)51-16-15-45(46-12-8-18-56-54(46)51)37-19-38-24-58-44(33-61(3)50-14-5-9-35-11-7-17-55-53(35)50)22-48(38)52(20-37)64-31-41-27-60(2)28-42(41)32-64/h6-8,10-13,17-20,39-45,50-51,57-58H,5,9,14-16,21-34H2,1-4H3/t39-,40+,41-,42-,43+,44+,45?,50-,51-/m0/s1. The molecule has 64 heavy (non-hydrogen) atoms. The third-order valence-electron chi connectivity index (χ3n) is 17.6. The summed E-state index contributed by atoms with van der Waals surface area (Å²) in [5.74, 6) is 3.52. The Bertz CT molecular complexity index is 2320. The number of nitrogens with one attached hydrogen (secondary N) is 2. The first kappa shape index (κ1) is 41.5. The molecule has 10 heteroatoms. The Labute approximate surface area is 382 Å². The van der Waals surface area contributed by atoms with Crippen LogP contribution in [-0.4, -0.2) is 135 Å². The van der Waals surface area contributed by atoms with Crippen molar-refractivity contribution in [1.82, 2.24) is 40.2 Å². The van der Waals surface area contributed by atoms with E-state index in [9.17, 15) is 0 Å². The van der Waals surface area contributed by atoms with Crippen molar-refractivity contribution in [3.63, 3.8) is 0 Å². The minimum Gasteiger partial charge on any atom is -0.371 e. The summed E-state index contributed by atoms with van der Waals surface area (Å²) in [6, 6.07) is 22.9. The van der Waals surface area contributed by atoms with E-state index >= 15 is 0 Å². The molecule has 8 aliphatic rings. The van der Waals surface area contributed by atoms with E-state index in [2.05, 4.69) is 123 Å². The lowest BCUT2D eigenvalue weighted by atomic mass is 9.77. The van der Waals surface area contributed by atoms with Crippen LogP contribution in [0.1, 0.15) is 94.0 Å². The molecule has 338 valence electrons. The Morgan fingerprint density at radius 1 is 0.594 bits per heavy atom. The van der Waals surface area contributed by atoms with Gasteiger partial charge >= 0.3 is 0 Å². The van der Waals surface area contributed by atoms with E-state index in [4.69, 9.17) is 9.97 Å². The number of aromatic nitrogens is 2. The highest BCUT2D eigenvalue weighted by atomic mass is 15.2. The molecular weight excluding hydrogens is 789 g/mol. The van der Waals surface area contributed by atoms with Crippen molar-refractivity contribution in [1.29, 1.82) is 0 Å². The summed E-state index contributed by atoms with van der Waals surface area (Å²) in [6.07, 6.45) is 12.1. The Balaban J connectivity index is 0.781. The maximum atomic E-state index is 5.24. The van der Waals surface area contributed by atoms with Crippen LogP contribution in [0.4, 0.5) is 11.4 Å². The molecular formula is C54H72N10. The van der Waals surface area contributed by atoms with Crippen molar-refractivity contribution in [2.45, 2.75) is 88.1 Å². The van der Waals surface area contributed by atoms with Crippen molar-refractivity contribution in [3.05, 3.63) is 117 Å². The summed E-state index contributed by atoms with van der Waals surface area (Å²) in [4.78, 5) is 26.0. The first-order chi connectivity index (χ1) is 31.3. The maximum absolute atomic E-state index is 5.24. The average molecular weight is 861 g/mol. The molecule has 8 heterocycles. The molecule has 4 saturated heterocycles. The highest BCUT2D eigenvalue weighted by Crippen LogP contribution is 2.46. The number of pyridine rings is 2. The highest BCUT2D eigenvalue weighted by Gasteiger charge is 2.42. The molecule has 1 unspecified atom stereocenters. The van der Waals surface area contributed by atoms with E-state index in [-0.39, 0.29) is 0 Å². The summed E-state index contributed by atoms with van der Waals surface area (Å²) in [5, 5.41) is 8.04. The van der Waals surface area contributed by atoms with Gasteiger partial charge < -0.3 is 30.2 Å². The van der Waals surface area contributed by atoms with Crippen molar-refractivity contribution in [2.75, 3.05) is 103 Å². The van der Waals surface area contributed by atoms with Crippen LogP contribution in [0.5, 0.6) is 0 Å². The lowest BCUT2D eigenvalue weighted by Crippen LogP contribution is -2.46. The van der Waals surface area contributed by atoms with Crippen molar-refractivity contribution >= 4 is 11.4 Å². The van der Waals surface area contributed by atoms with Crippen molar-refractivity contribution < 1.29 is 0 Å². The number of nitrogens with zero attached hydrogens (tertiary/aromatic N) is 8. The average Bonchev–Trinajstić information content (AvgIpc) is 4.07. The number of aryl methyl sites for hydroxylation is 1. The first-order valence-electron chi connectivity index (χ1n) is 25.2. The number of likely N-dealkylation sites (tertiary alicyclic amines) is 2. The van der Waals surface area contributed by atoms with E-state index in [1.807, 2.05) is 12.4 Å². The lowest BCUT2D eigenvalue weighted by molar-refractivity contribution is 0.187. The van der Waals surface area contributed by atoms with E-state index < -0.39 is 0 Å². The van der Waals surface area contributed by atoms with E-state index in [0.29, 0.717) is 30.1 Å². The smallest absolute Gasteiger partial charge is 0.0613 e. The van der Waals surface area contributed by atoms with Gasteiger partial charge in [-0.3, -0.25) is 19.8 Å². The SMILES string of the molecule is CN1C[C@@H]2CN(c3cccc4c3C[C@H](CN(C)[C@H]3CCC(c5cc6c(c(N7C[C@@H]8CN(C)C[C@H]8C7)c5)C[C@H](CN(C)[C@H]5CCCc7cccnc75)NC6)c5cccnc53)NC4)C[C@@H]2C1. The topological polar surface area (TPSA) is 69.3 Å². The molecule has 9 atom stereocenters. The molecule has 2 N–H and O–H groups in total. The number of fused-ring (bicyclic) bond motifs is 6. The third kappa shape index (κ3) is 7.68. The second kappa shape index (κ2) is 17.1. The van der Waals surface area contributed by atoms with Gasteiger partial charge in [0.2, 0.25) is 0 Å². The predicted molar refractivity (Wildman–Crippen MR) is 258 cm³/mol. The molecule has 0 amide bonds. The maximum Gasteiger partial charge on any atom is 0.0613 e. The molecule has 2 aliphatic carbocycles. The fourth-order valence-corrected chi connectivity index (χ4v) is 14.5. The summed E-state index contributed by atoms with van der Waals surface area (Å²) >= 11 is 0. The van der Waals surface area contributed by atoms with Gasteiger partial charge in [0.25, 0.3) is 0 Å². The summed E-state index contributed by atoms with van der Waals surface area (Å²) in [5.41, 5.74) is 16.2. The number of benzene rings is 2. The molecule has 12 rings (SSSR count). The zero-order valence-electron chi connectivity index (χ0n) is 39.1. The van der Waals surface area contributed by atoms with Gasteiger partial charge in [-0.15, -0.1) is 0 Å². The van der Waals surface area contributed by atoms with Gasteiger partial charge in [0, 0.05) is 120 Å². The number of hydrogen-bond acceptors (Lipinski definition) is 10. The molecule has 0 saturated carbocycles. The molecule has 0 bridgehead atoms. The second-order valence-electron chi connectivity index (χ2n) is 21.9. The molecule has 2 aromatic carbocycles. The molecule has 0 radical (unpaired) electrons. The number of anilines is 2. The molecule has 4 fully saturated rings. The van der Waals surface area contributed by atoms with Crippen LogP contribution in [0, 0.1) is 23.7 Å². The fourth-order valence-electron chi connectivity index (χ4n) is 14.5. The van der Waals surface area contributed by atoms with Crippen LogP contribution in [0.15, 0.2) is 67.0 Å². The van der Waals surface area contributed by atoms with Gasteiger partial charge in [0.05, 0.1) is 23.5 Å². The predicted octanol–water partition coefficient (Wildman–Crippen LogP) is 6.11. The monoisotopic (exact) mass is 861 g/mol. The molecule has 4 aromatic rings. The van der Waals surface area contributed by atoms with Crippen LogP contribution in [0.2, 0.25) is 0 Å². The van der Waals surface area contributed by atoms with Crippen LogP contribution < -0.4 is 20.4 Å². The lowest BCUT2D eigenvalue weighted by Gasteiger charge is -2.40. The minimum absolute atomic E-state index is 0.318. The second-order valence-corrected chi connectivity index (χ2v) is 21.9. The van der Waals surface area contributed by atoms with Crippen LogP contribution in [0.25, 0.3) is 0 Å². The Morgan fingerprint density at radius 2 is 1.17 bits per heavy atom. The van der Waals surface area contributed by atoms with E-state index in [1.54, 1.807) is 11.1 Å². The molecule has 0 spiro atoms. The molecule has 6 aliphatic heterocycles. The Kier molecular flexibility index (Phi) is 11.1. The van der Waals surface area contributed by atoms with Gasteiger partial charge in [-0.25, -0.2) is 0 Å². The Hall–Kier alpha value is -3.90. The van der Waals surface area contributed by atoms with Gasteiger partial charge in [0.1, 0.15) is 0 Å². The number of likely N-dealkylation sites (N-methyl/N-ethyl adjacent to an activating group) is 2. The van der Waals surface area contributed by atoms with Gasteiger partial charge in [0.15, 0.2) is 0 Å². The number of rotatable bonds is 9. The first-order valence-corrected chi connectivity index (χ1v) is 25.2. The highest BCUT2D eigenvalue weighted by molar-refractivity contribution is 5.63. The molecule has 2 aromatic heterocycles. The molecule has 10 nitrogen and oxygen atoms in total. The van der Waals surface area contributed by atoms with Gasteiger partial charge in [-0.1, -0.05) is 30.3 Å². The van der Waals surface area contributed by atoms with Gasteiger partial charge in [-0.05, 0) is 160 Å². The fraction of sp³-hybridized carbons (Fsp3) is 0.593. The third-order valence-corrected chi connectivity index (χ3v) is 17.6. The Morgan fingerprint density at radius 3 is 1.86 bits per heavy atom.